The number of carbonyl (C=O) groups is 1. The van der Waals surface area contributed by atoms with E-state index in [2.05, 4.69) is 4.98 Å². The third-order valence-corrected chi connectivity index (χ3v) is 3.12. The molecule has 20 heavy (non-hydrogen) atoms. The number of hydrogen-bond donors (Lipinski definition) is 1. The van der Waals surface area contributed by atoms with Crippen LogP contribution >= 0.6 is 0 Å². The molecule has 0 aliphatic heterocycles. The standard InChI is InChI=1S/C16H15N2O2/c1-18-8-4-6-13(10-18)16(19)20-11-14-9-12-5-2-3-7-15(12)17-14/h2-10,17H,11H2,1H3/q+1. The zero-order valence-electron chi connectivity index (χ0n) is 11.2. The molecule has 0 unspecified atom stereocenters. The van der Waals surface area contributed by atoms with E-state index in [1.54, 1.807) is 12.3 Å². The van der Waals surface area contributed by atoms with Crippen molar-refractivity contribution in [3.05, 3.63) is 66.1 Å². The number of aromatic amines is 1. The smallest absolute Gasteiger partial charge is 0.344 e. The Bertz CT molecular complexity index is 729. The fourth-order valence-corrected chi connectivity index (χ4v) is 2.15. The monoisotopic (exact) mass is 267 g/mol. The summed E-state index contributed by atoms with van der Waals surface area (Å²) in [5.41, 5.74) is 2.48. The summed E-state index contributed by atoms with van der Waals surface area (Å²) in [6.07, 6.45) is 3.61. The van der Waals surface area contributed by atoms with Crippen LogP contribution < -0.4 is 4.57 Å². The number of fused-ring (bicyclic) bond motifs is 1. The number of aromatic nitrogens is 2. The first-order valence-electron chi connectivity index (χ1n) is 6.41. The van der Waals surface area contributed by atoms with Crippen LogP contribution in [0.25, 0.3) is 10.9 Å². The Morgan fingerprint density at radius 3 is 2.90 bits per heavy atom. The van der Waals surface area contributed by atoms with Gasteiger partial charge in [0.05, 0.1) is 5.69 Å². The van der Waals surface area contributed by atoms with Gasteiger partial charge in [-0.1, -0.05) is 18.2 Å². The average molecular weight is 267 g/mol. The van der Waals surface area contributed by atoms with Crippen LogP contribution in [0, 0.1) is 0 Å². The highest BCUT2D eigenvalue weighted by Crippen LogP contribution is 2.15. The predicted molar refractivity (Wildman–Crippen MR) is 75.0 cm³/mol. The lowest BCUT2D eigenvalue weighted by atomic mass is 10.2. The third-order valence-electron chi connectivity index (χ3n) is 3.12. The summed E-state index contributed by atoms with van der Waals surface area (Å²) >= 11 is 0. The van der Waals surface area contributed by atoms with Crippen molar-refractivity contribution in [2.24, 2.45) is 7.05 Å². The van der Waals surface area contributed by atoms with Crippen molar-refractivity contribution in [3.63, 3.8) is 0 Å². The number of pyridine rings is 1. The van der Waals surface area contributed by atoms with Crippen LogP contribution in [0.5, 0.6) is 0 Å². The Morgan fingerprint density at radius 1 is 1.25 bits per heavy atom. The Labute approximate surface area is 116 Å². The zero-order chi connectivity index (χ0) is 13.9. The number of hydrogen-bond acceptors (Lipinski definition) is 2. The molecular weight excluding hydrogens is 252 g/mol. The maximum absolute atomic E-state index is 11.9. The number of carbonyl (C=O) groups excluding carboxylic acids is 1. The fraction of sp³-hybridized carbons (Fsp3) is 0.125. The molecule has 0 atom stereocenters. The molecule has 2 aromatic heterocycles. The molecule has 1 N–H and O–H groups in total. The highest BCUT2D eigenvalue weighted by atomic mass is 16.5. The van der Waals surface area contributed by atoms with Gasteiger partial charge in [0, 0.05) is 11.6 Å². The quantitative estimate of drug-likeness (QED) is 0.585. The molecule has 0 aliphatic rings. The van der Waals surface area contributed by atoms with Gasteiger partial charge < -0.3 is 9.72 Å². The molecule has 4 heteroatoms. The molecule has 0 bridgehead atoms. The van der Waals surface area contributed by atoms with Crippen molar-refractivity contribution < 1.29 is 14.1 Å². The molecule has 0 aliphatic carbocycles. The number of rotatable bonds is 3. The summed E-state index contributed by atoms with van der Waals surface area (Å²) in [4.78, 5) is 15.2. The van der Waals surface area contributed by atoms with Crippen LogP contribution in [0.15, 0.2) is 54.9 Å². The second-order valence-electron chi connectivity index (χ2n) is 4.72. The molecule has 1 aromatic carbocycles. The molecule has 4 nitrogen and oxygen atoms in total. The molecule has 3 rings (SSSR count). The average Bonchev–Trinajstić information content (AvgIpc) is 2.87. The van der Waals surface area contributed by atoms with Crippen LogP contribution in [0.4, 0.5) is 0 Å². The number of nitrogens with one attached hydrogen (secondary N) is 1. The van der Waals surface area contributed by atoms with Gasteiger partial charge >= 0.3 is 5.97 Å². The van der Waals surface area contributed by atoms with Crippen molar-refractivity contribution in [2.75, 3.05) is 0 Å². The summed E-state index contributed by atoms with van der Waals surface area (Å²) < 4.78 is 7.13. The van der Waals surface area contributed by atoms with Crippen LogP contribution in [-0.2, 0) is 18.4 Å². The highest BCUT2D eigenvalue weighted by Gasteiger charge is 2.11. The number of nitrogens with zero attached hydrogens (tertiary/aromatic N) is 1. The van der Waals surface area contributed by atoms with Gasteiger partial charge in [-0.15, -0.1) is 0 Å². The lowest BCUT2D eigenvalue weighted by Gasteiger charge is -2.02. The second kappa shape index (κ2) is 5.17. The first-order chi connectivity index (χ1) is 9.72. The van der Waals surface area contributed by atoms with E-state index in [1.165, 1.54) is 0 Å². The van der Waals surface area contributed by atoms with Gasteiger partial charge in [-0.25, -0.2) is 9.36 Å². The van der Waals surface area contributed by atoms with Crippen molar-refractivity contribution in [1.29, 1.82) is 0 Å². The number of benzene rings is 1. The van der Waals surface area contributed by atoms with E-state index in [9.17, 15) is 4.79 Å². The SMILES string of the molecule is C[n+]1cccc(C(=O)OCc2cc3ccccc3[nH]2)c1. The fourth-order valence-electron chi connectivity index (χ4n) is 2.15. The van der Waals surface area contributed by atoms with E-state index in [0.29, 0.717) is 5.56 Å². The molecule has 0 fully saturated rings. The number of esters is 1. The molecule has 0 saturated carbocycles. The van der Waals surface area contributed by atoms with E-state index >= 15 is 0 Å². The van der Waals surface area contributed by atoms with Crippen LogP contribution in [0.1, 0.15) is 16.1 Å². The Balaban J connectivity index is 1.71. The van der Waals surface area contributed by atoms with E-state index < -0.39 is 0 Å². The molecule has 0 spiro atoms. The number of para-hydroxylation sites is 1. The van der Waals surface area contributed by atoms with Gasteiger partial charge in [0.15, 0.2) is 12.4 Å². The first kappa shape index (κ1) is 12.4. The molecule has 2 heterocycles. The van der Waals surface area contributed by atoms with Crippen LogP contribution in [0.2, 0.25) is 0 Å². The lowest BCUT2D eigenvalue weighted by molar-refractivity contribution is -0.671. The Hall–Kier alpha value is -2.62. The summed E-state index contributed by atoms with van der Waals surface area (Å²) in [5.74, 6) is -0.320. The van der Waals surface area contributed by atoms with E-state index in [1.807, 2.05) is 54.2 Å². The van der Waals surface area contributed by atoms with E-state index in [4.69, 9.17) is 4.74 Å². The topological polar surface area (TPSA) is 46.0 Å². The van der Waals surface area contributed by atoms with Crippen molar-refractivity contribution in [1.82, 2.24) is 4.98 Å². The minimum atomic E-state index is -0.320. The van der Waals surface area contributed by atoms with E-state index in [0.717, 1.165) is 16.6 Å². The zero-order valence-corrected chi connectivity index (χ0v) is 11.2. The minimum absolute atomic E-state index is 0.242. The van der Waals surface area contributed by atoms with Gasteiger partial charge in [-0.05, 0) is 23.6 Å². The van der Waals surface area contributed by atoms with Gasteiger partial charge in [0.1, 0.15) is 19.2 Å². The predicted octanol–water partition coefficient (Wildman–Crippen LogP) is 2.35. The second-order valence-corrected chi connectivity index (χ2v) is 4.72. The van der Waals surface area contributed by atoms with Gasteiger partial charge in [0.2, 0.25) is 0 Å². The Morgan fingerprint density at radius 2 is 2.10 bits per heavy atom. The van der Waals surface area contributed by atoms with Crippen molar-refractivity contribution >= 4 is 16.9 Å². The van der Waals surface area contributed by atoms with Crippen molar-refractivity contribution in [3.8, 4) is 0 Å². The maximum atomic E-state index is 11.9. The molecule has 0 saturated heterocycles. The van der Waals surface area contributed by atoms with Gasteiger partial charge in [0.25, 0.3) is 0 Å². The molecule has 0 radical (unpaired) electrons. The lowest BCUT2D eigenvalue weighted by Crippen LogP contribution is -2.28. The molecule has 0 amide bonds. The van der Waals surface area contributed by atoms with Crippen LogP contribution in [-0.4, -0.2) is 11.0 Å². The van der Waals surface area contributed by atoms with Crippen molar-refractivity contribution in [2.45, 2.75) is 6.61 Å². The third kappa shape index (κ3) is 2.54. The normalized spacial score (nSPS) is 10.7. The summed E-state index contributed by atoms with van der Waals surface area (Å²) in [6, 6.07) is 13.5. The summed E-state index contributed by atoms with van der Waals surface area (Å²) in [7, 11) is 1.87. The largest absolute Gasteiger partial charge is 0.456 e. The van der Waals surface area contributed by atoms with E-state index in [-0.39, 0.29) is 12.6 Å². The molecule has 3 aromatic rings. The van der Waals surface area contributed by atoms with Gasteiger partial charge in [-0.3, -0.25) is 0 Å². The minimum Gasteiger partial charge on any atom is -0.456 e. The maximum Gasteiger partial charge on any atom is 0.344 e. The summed E-state index contributed by atoms with van der Waals surface area (Å²) in [6.45, 7) is 0.242. The first-order valence-corrected chi connectivity index (χ1v) is 6.41. The summed E-state index contributed by atoms with van der Waals surface area (Å²) in [5, 5.41) is 1.12. The molecular formula is C16H15N2O2+. The number of aryl methyl sites for hydroxylation is 1. The molecule has 100 valence electrons. The van der Waals surface area contributed by atoms with Crippen LogP contribution in [0.3, 0.4) is 0 Å². The van der Waals surface area contributed by atoms with Gasteiger partial charge in [-0.2, -0.15) is 0 Å². The highest BCUT2D eigenvalue weighted by molar-refractivity contribution is 5.88. The number of H-pyrrole nitrogens is 1. The Kier molecular flexibility index (Phi) is 3.21. The number of ether oxygens (including phenoxy) is 1.